The van der Waals surface area contributed by atoms with Crippen molar-refractivity contribution in [3.63, 3.8) is 0 Å². The van der Waals surface area contributed by atoms with Gasteiger partial charge in [0, 0.05) is 6.42 Å². The van der Waals surface area contributed by atoms with Gasteiger partial charge >= 0.3 is 5.97 Å². The van der Waals surface area contributed by atoms with Crippen molar-refractivity contribution < 1.29 is 9.53 Å². The standard InChI is InChI=1S/C27H52O2/c1-5-8-10-11-14-17-20-25(4)21-18-15-12-13-16-19-23-27(28)29-24-26(7-3)22-9-6-2/h18,21,25-26H,5-17,19-20,22-24H2,1-4H3/b21-18+. The van der Waals surface area contributed by atoms with Gasteiger partial charge in [0.25, 0.3) is 0 Å². The lowest BCUT2D eigenvalue weighted by atomic mass is 10.0. The summed E-state index contributed by atoms with van der Waals surface area (Å²) in [6.45, 7) is 9.65. The average Bonchev–Trinajstić information content (AvgIpc) is 2.72. The number of ether oxygens (including phenoxy) is 1. The fraction of sp³-hybridized carbons (Fsp3) is 0.889. The molecule has 0 aliphatic rings. The van der Waals surface area contributed by atoms with Gasteiger partial charge in [-0.05, 0) is 43.9 Å². The zero-order valence-electron chi connectivity index (χ0n) is 20.4. The van der Waals surface area contributed by atoms with E-state index in [-0.39, 0.29) is 5.97 Å². The molecule has 0 aromatic rings. The molecule has 2 unspecified atom stereocenters. The lowest BCUT2D eigenvalue weighted by molar-refractivity contribution is -0.145. The van der Waals surface area contributed by atoms with Crippen molar-refractivity contribution in [2.75, 3.05) is 6.61 Å². The van der Waals surface area contributed by atoms with Gasteiger partial charge in [0.1, 0.15) is 0 Å². The summed E-state index contributed by atoms with van der Waals surface area (Å²) in [7, 11) is 0. The molecule has 0 aliphatic heterocycles. The number of carbonyl (C=O) groups is 1. The Labute approximate surface area is 183 Å². The van der Waals surface area contributed by atoms with Crippen LogP contribution >= 0.6 is 0 Å². The van der Waals surface area contributed by atoms with Crippen LogP contribution in [0.3, 0.4) is 0 Å². The van der Waals surface area contributed by atoms with Gasteiger partial charge in [0.05, 0.1) is 6.61 Å². The van der Waals surface area contributed by atoms with E-state index in [4.69, 9.17) is 4.74 Å². The second-order valence-electron chi connectivity index (χ2n) is 9.01. The number of rotatable bonds is 21. The summed E-state index contributed by atoms with van der Waals surface area (Å²) in [5, 5.41) is 0. The molecule has 0 aromatic heterocycles. The highest BCUT2D eigenvalue weighted by Crippen LogP contribution is 2.15. The normalized spacial score (nSPS) is 13.7. The maximum Gasteiger partial charge on any atom is 0.305 e. The molecule has 0 saturated heterocycles. The van der Waals surface area contributed by atoms with Crippen LogP contribution in [0.4, 0.5) is 0 Å². The number of esters is 1. The third-order valence-corrected chi connectivity index (χ3v) is 6.00. The quantitative estimate of drug-likeness (QED) is 0.107. The second-order valence-corrected chi connectivity index (χ2v) is 9.01. The van der Waals surface area contributed by atoms with Crippen molar-refractivity contribution in [3.05, 3.63) is 12.2 Å². The Morgan fingerprint density at radius 3 is 2.17 bits per heavy atom. The molecule has 172 valence electrons. The molecule has 0 saturated carbocycles. The summed E-state index contributed by atoms with van der Waals surface area (Å²) in [6.07, 6.45) is 25.6. The van der Waals surface area contributed by atoms with Crippen molar-refractivity contribution >= 4 is 5.97 Å². The molecular weight excluding hydrogens is 356 g/mol. The van der Waals surface area contributed by atoms with Gasteiger partial charge in [-0.1, -0.05) is 110 Å². The molecule has 0 bridgehead atoms. The molecule has 0 aromatic carbocycles. The lowest BCUT2D eigenvalue weighted by Crippen LogP contribution is -2.13. The minimum absolute atomic E-state index is 0.00311. The Hall–Kier alpha value is -0.790. The van der Waals surface area contributed by atoms with E-state index in [0.29, 0.717) is 18.9 Å². The molecule has 29 heavy (non-hydrogen) atoms. The molecule has 0 fully saturated rings. The summed E-state index contributed by atoms with van der Waals surface area (Å²) in [5.74, 6) is 1.28. The number of hydrogen-bond acceptors (Lipinski definition) is 2. The Morgan fingerprint density at radius 1 is 0.793 bits per heavy atom. The monoisotopic (exact) mass is 408 g/mol. The lowest BCUT2D eigenvalue weighted by Gasteiger charge is -2.14. The minimum atomic E-state index is 0.00311. The third kappa shape index (κ3) is 20.3. The first-order valence-corrected chi connectivity index (χ1v) is 13.0. The second kappa shape index (κ2) is 21.9. The summed E-state index contributed by atoms with van der Waals surface area (Å²) < 4.78 is 5.47. The number of allylic oxidation sites excluding steroid dienone is 2. The third-order valence-electron chi connectivity index (χ3n) is 6.00. The van der Waals surface area contributed by atoms with Crippen molar-refractivity contribution in [1.29, 1.82) is 0 Å². The van der Waals surface area contributed by atoms with E-state index in [1.54, 1.807) is 0 Å². The van der Waals surface area contributed by atoms with Gasteiger partial charge in [-0.15, -0.1) is 0 Å². The van der Waals surface area contributed by atoms with Crippen molar-refractivity contribution in [3.8, 4) is 0 Å². The predicted octanol–water partition coefficient (Wildman–Crippen LogP) is 9.03. The van der Waals surface area contributed by atoms with Crippen LogP contribution in [0, 0.1) is 11.8 Å². The van der Waals surface area contributed by atoms with Crippen molar-refractivity contribution in [2.45, 2.75) is 137 Å². The van der Waals surface area contributed by atoms with E-state index >= 15 is 0 Å². The molecule has 0 amide bonds. The van der Waals surface area contributed by atoms with E-state index < -0.39 is 0 Å². The zero-order chi connectivity index (χ0) is 21.6. The summed E-state index contributed by atoms with van der Waals surface area (Å²) in [4.78, 5) is 11.9. The first-order chi connectivity index (χ1) is 14.1. The first-order valence-electron chi connectivity index (χ1n) is 13.0. The maximum absolute atomic E-state index is 11.9. The highest BCUT2D eigenvalue weighted by Gasteiger charge is 2.09. The Kier molecular flexibility index (Phi) is 21.3. The van der Waals surface area contributed by atoms with Crippen LogP contribution in [-0.2, 0) is 9.53 Å². The predicted molar refractivity (Wildman–Crippen MR) is 128 cm³/mol. The summed E-state index contributed by atoms with van der Waals surface area (Å²) in [6, 6.07) is 0. The Morgan fingerprint density at radius 2 is 1.45 bits per heavy atom. The molecule has 0 radical (unpaired) electrons. The van der Waals surface area contributed by atoms with Gasteiger partial charge in [-0.3, -0.25) is 4.79 Å². The summed E-state index contributed by atoms with van der Waals surface area (Å²) in [5.41, 5.74) is 0. The Bertz CT molecular complexity index is 375. The molecule has 2 heteroatoms. The van der Waals surface area contributed by atoms with Crippen LogP contribution < -0.4 is 0 Å². The van der Waals surface area contributed by atoms with E-state index in [1.165, 1.54) is 83.5 Å². The fourth-order valence-electron chi connectivity index (χ4n) is 3.74. The first kappa shape index (κ1) is 28.2. The van der Waals surface area contributed by atoms with Crippen molar-refractivity contribution in [2.24, 2.45) is 11.8 Å². The highest BCUT2D eigenvalue weighted by atomic mass is 16.5. The fourth-order valence-corrected chi connectivity index (χ4v) is 3.74. The van der Waals surface area contributed by atoms with Gasteiger partial charge in [-0.2, -0.15) is 0 Å². The molecule has 0 heterocycles. The highest BCUT2D eigenvalue weighted by molar-refractivity contribution is 5.69. The number of unbranched alkanes of at least 4 members (excludes halogenated alkanes) is 10. The molecule has 0 N–H and O–H groups in total. The number of hydrogen-bond donors (Lipinski definition) is 0. The molecule has 0 spiro atoms. The van der Waals surface area contributed by atoms with Crippen molar-refractivity contribution in [1.82, 2.24) is 0 Å². The summed E-state index contributed by atoms with van der Waals surface area (Å²) >= 11 is 0. The van der Waals surface area contributed by atoms with Crippen LogP contribution in [0.15, 0.2) is 12.2 Å². The minimum Gasteiger partial charge on any atom is -0.465 e. The van der Waals surface area contributed by atoms with Crippen LogP contribution in [-0.4, -0.2) is 12.6 Å². The molecule has 2 atom stereocenters. The van der Waals surface area contributed by atoms with E-state index in [2.05, 4.69) is 39.8 Å². The van der Waals surface area contributed by atoms with E-state index in [0.717, 1.165) is 25.2 Å². The smallest absolute Gasteiger partial charge is 0.305 e. The number of carbonyl (C=O) groups excluding carboxylic acids is 1. The van der Waals surface area contributed by atoms with Crippen LogP contribution in [0.25, 0.3) is 0 Å². The molecule has 0 rings (SSSR count). The van der Waals surface area contributed by atoms with Gasteiger partial charge < -0.3 is 4.74 Å². The molecule has 2 nitrogen and oxygen atoms in total. The topological polar surface area (TPSA) is 26.3 Å². The molecule has 0 aliphatic carbocycles. The maximum atomic E-state index is 11.9. The van der Waals surface area contributed by atoms with E-state index in [1.807, 2.05) is 0 Å². The van der Waals surface area contributed by atoms with Gasteiger partial charge in [0.15, 0.2) is 0 Å². The van der Waals surface area contributed by atoms with Crippen LogP contribution in [0.2, 0.25) is 0 Å². The van der Waals surface area contributed by atoms with Crippen LogP contribution in [0.1, 0.15) is 137 Å². The van der Waals surface area contributed by atoms with E-state index in [9.17, 15) is 4.79 Å². The largest absolute Gasteiger partial charge is 0.465 e. The van der Waals surface area contributed by atoms with Gasteiger partial charge in [0.2, 0.25) is 0 Å². The zero-order valence-corrected chi connectivity index (χ0v) is 20.4. The Balaban J connectivity index is 3.50. The SMILES string of the molecule is CCCCCCCCC(C)/C=C/CCCCCCC(=O)OCC(CC)CCCC. The van der Waals surface area contributed by atoms with Gasteiger partial charge in [-0.25, -0.2) is 0 Å². The average molecular weight is 409 g/mol. The molecular formula is C27H52O2. The van der Waals surface area contributed by atoms with Crippen LogP contribution in [0.5, 0.6) is 0 Å².